The first-order valence-corrected chi connectivity index (χ1v) is 14.6. The number of carbonyl (C=O) groups is 2. The molecule has 2 N–H and O–H groups in total. The number of hydrogen-bond acceptors (Lipinski definition) is 9. The standard InChI is InChI=1S/C28H35N5O2.C4H4O4/c1-32(2)18-25-27(34-19-21-3-4-21)8-6-24-26(31-35-28(24)25)7-5-20-10-13-33(14-11-20)17-22-9-12-30-23(15-22)16-29;5-3(6)1-2-4(7)8/h6,8-9,12,15,20-21H,3-5,7,10-11,13-14,17-19H2,1-2H3;1-2H,(H,5,6)(H,7,8)/b;2-1+. The number of aryl methyl sites for hydroxylation is 1. The number of ether oxygens (including phenoxy) is 1. The fraction of sp³-hybridized carbons (Fsp3) is 0.469. The minimum atomic E-state index is -1.26. The van der Waals surface area contributed by atoms with Crippen molar-refractivity contribution < 1.29 is 29.1 Å². The first kappa shape index (κ1) is 31.7. The van der Waals surface area contributed by atoms with E-state index in [1.54, 1.807) is 6.20 Å². The molecule has 11 nitrogen and oxygen atoms in total. The van der Waals surface area contributed by atoms with Crippen LogP contribution < -0.4 is 4.74 Å². The Bertz CT molecular complexity index is 1450. The molecule has 1 saturated heterocycles. The molecule has 228 valence electrons. The van der Waals surface area contributed by atoms with E-state index < -0.39 is 11.9 Å². The Morgan fingerprint density at radius 2 is 1.84 bits per heavy atom. The average molecular weight is 590 g/mol. The van der Waals surface area contributed by atoms with Crippen molar-refractivity contribution in [3.05, 3.63) is 65.1 Å². The molecule has 2 fully saturated rings. The number of carboxylic acids is 2. The SMILES string of the molecule is CN(C)Cc1c(OCC2CC2)ccc2c(CCC3CCN(Cc4ccnc(C#N)c4)CC3)noc12.O=C(O)/C=C/C(=O)O. The summed E-state index contributed by atoms with van der Waals surface area (Å²) in [6.45, 7) is 4.63. The Balaban J connectivity index is 0.000000467. The van der Waals surface area contributed by atoms with Crippen molar-refractivity contribution in [1.29, 1.82) is 5.26 Å². The lowest BCUT2D eigenvalue weighted by Crippen LogP contribution is -2.33. The maximum atomic E-state index is 9.55. The summed E-state index contributed by atoms with van der Waals surface area (Å²) >= 11 is 0. The summed E-state index contributed by atoms with van der Waals surface area (Å²) in [5.74, 6) is -0.161. The van der Waals surface area contributed by atoms with E-state index in [1.165, 1.54) is 25.7 Å². The number of carboxylic acid groups (broad SMARTS) is 2. The summed E-state index contributed by atoms with van der Waals surface area (Å²) in [6, 6.07) is 10.3. The van der Waals surface area contributed by atoms with Gasteiger partial charge in [0, 0.05) is 36.8 Å². The maximum Gasteiger partial charge on any atom is 0.328 e. The molecule has 1 aliphatic heterocycles. The highest BCUT2D eigenvalue weighted by Crippen LogP contribution is 2.35. The van der Waals surface area contributed by atoms with Crippen LogP contribution in [0.15, 0.2) is 47.1 Å². The maximum absolute atomic E-state index is 9.55. The summed E-state index contributed by atoms with van der Waals surface area (Å²) in [4.78, 5) is 27.8. The molecular formula is C32H39N5O6. The van der Waals surface area contributed by atoms with Crippen LogP contribution in [0.4, 0.5) is 0 Å². The minimum Gasteiger partial charge on any atom is -0.493 e. The van der Waals surface area contributed by atoms with Crippen LogP contribution in [-0.4, -0.2) is 75.9 Å². The first-order valence-electron chi connectivity index (χ1n) is 14.6. The molecule has 0 spiro atoms. The van der Waals surface area contributed by atoms with Gasteiger partial charge < -0.3 is 24.4 Å². The van der Waals surface area contributed by atoms with E-state index in [0.29, 0.717) is 29.7 Å². The monoisotopic (exact) mass is 589 g/mol. The second kappa shape index (κ2) is 15.3. The quantitative estimate of drug-likeness (QED) is 0.287. The van der Waals surface area contributed by atoms with Gasteiger partial charge in [0.1, 0.15) is 17.5 Å². The summed E-state index contributed by atoms with van der Waals surface area (Å²) < 4.78 is 12.1. The second-order valence-electron chi connectivity index (χ2n) is 11.5. The van der Waals surface area contributed by atoms with E-state index in [4.69, 9.17) is 24.7 Å². The Kier molecular flexibility index (Phi) is 11.2. The van der Waals surface area contributed by atoms with E-state index >= 15 is 0 Å². The average Bonchev–Trinajstić information content (AvgIpc) is 3.73. The molecule has 0 radical (unpaired) electrons. The van der Waals surface area contributed by atoms with E-state index in [2.05, 4.69) is 52.2 Å². The van der Waals surface area contributed by atoms with Gasteiger partial charge in [0.15, 0.2) is 5.58 Å². The Hall–Kier alpha value is -4.27. The minimum absolute atomic E-state index is 0.493. The number of nitrogens with zero attached hydrogens (tertiary/aromatic N) is 5. The van der Waals surface area contributed by atoms with Crippen molar-refractivity contribution in [3.63, 3.8) is 0 Å². The number of rotatable bonds is 12. The highest BCUT2D eigenvalue weighted by Gasteiger charge is 2.25. The first-order chi connectivity index (χ1) is 20.7. The van der Waals surface area contributed by atoms with Crippen LogP contribution in [0.5, 0.6) is 5.75 Å². The molecule has 1 aromatic carbocycles. The zero-order chi connectivity index (χ0) is 30.8. The van der Waals surface area contributed by atoms with Crippen LogP contribution in [0.25, 0.3) is 11.0 Å². The van der Waals surface area contributed by atoms with Gasteiger partial charge in [-0.1, -0.05) is 5.16 Å². The number of aliphatic carboxylic acids is 2. The fourth-order valence-electron chi connectivity index (χ4n) is 5.17. The Labute approximate surface area is 251 Å². The highest BCUT2D eigenvalue weighted by molar-refractivity contribution is 5.89. The number of likely N-dealkylation sites (tertiary alicyclic amines) is 1. The molecule has 0 unspecified atom stereocenters. The van der Waals surface area contributed by atoms with Crippen molar-refractivity contribution in [2.45, 2.75) is 51.6 Å². The zero-order valence-electron chi connectivity index (χ0n) is 24.7. The summed E-state index contributed by atoms with van der Waals surface area (Å²) in [7, 11) is 4.15. The van der Waals surface area contributed by atoms with Crippen LogP contribution in [0, 0.1) is 23.2 Å². The number of benzene rings is 1. The van der Waals surface area contributed by atoms with Gasteiger partial charge in [0.2, 0.25) is 0 Å². The van der Waals surface area contributed by atoms with Crippen LogP contribution in [0.1, 0.15) is 54.6 Å². The molecule has 1 saturated carbocycles. The number of hydrogen-bond donors (Lipinski definition) is 2. The molecule has 2 aliphatic rings. The fourth-order valence-corrected chi connectivity index (χ4v) is 5.17. The molecule has 11 heteroatoms. The molecule has 0 atom stereocenters. The van der Waals surface area contributed by atoms with Gasteiger partial charge in [-0.3, -0.25) is 4.90 Å². The number of aromatic nitrogens is 2. The summed E-state index contributed by atoms with van der Waals surface area (Å²) in [5.41, 5.74) is 4.71. The normalized spacial score (nSPS) is 15.8. The van der Waals surface area contributed by atoms with Gasteiger partial charge in [-0.25, -0.2) is 14.6 Å². The van der Waals surface area contributed by atoms with E-state index in [1.807, 2.05) is 12.1 Å². The summed E-state index contributed by atoms with van der Waals surface area (Å²) in [5, 5.41) is 30.3. The molecule has 0 bridgehead atoms. The van der Waals surface area contributed by atoms with Gasteiger partial charge in [-0.2, -0.15) is 5.26 Å². The third kappa shape index (κ3) is 9.91. The predicted octanol–water partition coefficient (Wildman–Crippen LogP) is 4.50. The van der Waals surface area contributed by atoms with E-state index in [9.17, 15) is 9.59 Å². The Morgan fingerprint density at radius 1 is 1.12 bits per heavy atom. The number of nitriles is 1. The number of fused-ring (bicyclic) bond motifs is 1. The highest BCUT2D eigenvalue weighted by atomic mass is 16.5. The molecule has 1 aliphatic carbocycles. The third-order valence-corrected chi connectivity index (χ3v) is 7.63. The van der Waals surface area contributed by atoms with E-state index in [0.717, 1.165) is 79.2 Å². The van der Waals surface area contributed by atoms with Crippen molar-refractivity contribution in [2.24, 2.45) is 11.8 Å². The molecule has 3 aromatic rings. The molecule has 43 heavy (non-hydrogen) atoms. The van der Waals surface area contributed by atoms with Gasteiger partial charge in [0.25, 0.3) is 0 Å². The second-order valence-corrected chi connectivity index (χ2v) is 11.5. The molecule has 0 amide bonds. The predicted molar refractivity (Wildman–Crippen MR) is 159 cm³/mol. The molecular weight excluding hydrogens is 550 g/mol. The zero-order valence-corrected chi connectivity index (χ0v) is 24.7. The van der Waals surface area contributed by atoms with Crippen LogP contribution in [-0.2, 0) is 29.1 Å². The summed E-state index contributed by atoms with van der Waals surface area (Å²) in [6.07, 6.45) is 9.86. The van der Waals surface area contributed by atoms with Crippen molar-refractivity contribution in [3.8, 4) is 11.8 Å². The Morgan fingerprint density at radius 3 is 2.47 bits per heavy atom. The van der Waals surface area contributed by atoms with Crippen LogP contribution in [0.2, 0.25) is 0 Å². The van der Waals surface area contributed by atoms with Crippen molar-refractivity contribution in [2.75, 3.05) is 33.8 Å². The molecule has 5 rings (SSSR count). The van der Waals surface area contributed by atoms with E-state index in [-0.39, 0.29) is 0 Å². The largest absolute Gasteiger partial charge is 0.493 e. The number of piperidine rings is 1. The lowest BCUT2D eigenvalue weighted by Gasteiger charge is -2.31. The number of pyridine rings is 1. The lowest BCUT2D eigenvalue weighted by atomic mass is 9.91. The molecule has 3 heterocycles. The van der Waals surface area contributed by atoms with Crippen LogP contribution in [0.3, 0.4) is 0 Å². The van der Waals surface area contributed by atoms with Crippen LogP contribution >= 0.6 is 0 Å². The van der Waals surface area contributed by atoms with Crippen molar-refractivity contribution >= 4 is 22.9 Å². The van der Waals surface area contributed by atoms with Crippen molar-refractivity contribution in [1.82, 2.24) is 19.9 Å². The van der Waals surface area contributed by atoms with Gasteiger partial charge in [-0.15, -0.1) is 0 Å². The van der Waals surface area contributed by atoms with Gasteiger partial charge in [-0.05, 0) is 107 Å². The van der Waals surface area contributed by atoms with Gasteiger partial charge >= 0.3 is 11.9 Å². The molecule has 2 aromatic heterocycles. The van der Waals surface area contributed by atoms with Gasteiger partial charge in [0.05, 0.1) is 17.9 Å². The third-order valence-electron chi connectivity index (χ3n) is 7.63. The smallest absolute Gasteiger partial charge is 0.328 e. The lowest BCUT2D eigenvalue weighted by molar-refractivity contribution is -0.134. The topological polar surface area (TPSA) is 153 Å².